The second kappa shape index (κ2) is 4.30. The van der Waals surface area contributed by atoms with Crippen molar-refractivity contribution in [3.05, 3.63) is 23.8 Å². The number of anilines is 1. The number of hydrogen-bond acceptors (Lipinski definition) is 2. The minimum Gasteiger partial charge on any atom is -0.427 e. The fourth-order valence-corrected chi connectivity index (χ4v) is 1.77. The molecule has 0 aromatic heterocycles. The maximum atomic E-state index is 11.6. The highest BCUT2D eigenvalue weighted by atomic mass is 16.4. The summed E-state index contributed by atoms with van der Waals surface area (Å²) in [5.74, 6) is 0.0495. The summed E-state index contributed by atoms with van der Waals surface area (Å²) < 4.78 is 5.52. The Balaban J connectivity index is 2.18. The molecule has 0 spiro atoms. The molecule has 1 heterocycles. The van der Waals surface area contributed by atoms with Crippen molar-refractivity contribution in [2.24, 2.45) is 5.92 Å². The highest BCUT2D eigenvalue weighted by molar-refractivity contribution is 6.67. The van der Waals surface area contributed by atoms with Gasteiger partial charge in [0.1, 0.15) is 0 Å². The number of carbonyl (C=O) groups is 1. The molecule has 0 atom stereocenters. The van der Waals surface area contributed by atoms with Crippen LogP contribution < -0.4 is 10.8 Å². The summed E-state index contributed by atoms with van der Waals surface area (Å²) in [6.45, 7) is 6.60. The fourth-order valence-electron chi connectivity index (χ4n) is 1.77. The van der Waals surface area contributed by atoms with Crippen LogP contribution in [0.1, 0.15) is 19.4 Å². The first kappa shape index (κ1) is 11.2. The normalized spacial score (nSPS) is 14.1. The van der Waals surface area contributed by atoms with Crippen LogP contribution in [0.2, 0.25) is 6.82 Å². The van der Waals surface area contributed by atoms with E-state index in [9.17, 15) is 4.79 Å². The van der Waals surface area contributed by atoms with Gasteiger partial charge in [-0.15, -0.1) is 0 Å². The van der Waals surface area contributed by atoms with Gasteiger partial charge < -0.3 is 9.97 Å². The number of benzene rings is 1. The Morgan fingerprint density at radius 3 is 2.94 bits per heavy atom. The zero-order chi connectivity index (χ0) is 11.7. The SMILES string of the molecule is CB1OCc2ccc(NC(=O)C(C)C)cc21. The summed E-state index contributed by atoms with van der Waals surface area (Å²) in [6, 6.07) is 5.96. The largest absolute Gasteiger partial charge is 0.427 e. The van der Waals surface area contributed by atoms with E-state index in [2.05, 4.69) is 5.32 Å². The van der Waals surface area contributed by atoms with Gasteiger partial charge in [-0.3, -0.25) is 4.79 Å². The quantitative estimate of drug-likeness (QED) is 0.764. The zero-order valence-corrected chi connectivity index (χ0v) is 9.91. The van der Waals surface area contributed by atoms with Gasteiger partial charge in [-0.1, -0.05) is 26.7 Å². The molecule has 1 amide bonds. The molecule has 0 saturated heterocycles. The van der Waals surface area contributed by atoms with Crippen molar-refractivity contribution in [3.8, 4) is 0 Å². The van der Waals surface area contributed by atoms with Crippen molar-refractivity contribution in [3.63, 3.8) is 0 Å². The summed E-state index contributed by atoms with van der Waals surface area (Å²) in [5.41, 5.74) is 3.26. The van der Waals surface area contributed by atoms with Crippen molar-refractivity contribution in [1.29, 1.82) is 0 Å². The van der Waals surface area contributed by atoms with Crippen LogP contribution in [0, 0.1) is 5.92 Å². The number of fused-ring (bicyclic) bond motifs is 1. The molecule has 84 valence electrons. The Labute approximate surface area is 96.3 Å². The van der Waals surface area contributed by atoms with Crippen LogP contribution in [0.15, 0.2) is 18.2 Å². The van der Waals surface area contributed by atoms with E-state index in [0.717, 1.165) is 5.69 Å². The van der Waals surface area contributed by atoms with Crippen LogP contribution in [0.5, 0.6) is 0 Å². The van der Waals surface area contributed by atoms with E-state index in [1.807, 2.05) is 38.9 Å². The molecule has 1 aliphatic heterocycles. The van der Waals surface area contributed by atoms with Crippen LogP contribution >= 0.6 is 0 Å². The lowest BCUT2D eigenvalue weighted by molar-refractivity contribution is -0.118. The van der Waals surface area contributed by atoms with Crippen molar-refractivity contribution < 1.29 is 9.45 Å². The maximum Gasteiger partial charge on any atom is 0.324 e. The molecule has 1 aromatic carbocycles. The number of hydrogen-bond donors (Lipinski definition) is 1. The van der Waals surface area contributed by atoms with E-state index in [-0.39, 0.29) is 18.7 Å². The van der Waals surface area contributed by atoms with Crippen LogP contribution in [0.3, 0.4) is 0 Å². The second-order valence-corrected chi connectivity index (χ2v) is 4.51. The lowest BCUT2D eigenvalue weighted by atomic mass is 9.64. The first-order valence-electron chi connectivity index (χ1n) is 5.63. The highest BCUT2D eigenvalue weighted by Gasteiger charge is 2.23. The Hall–Kier alpha value is -1.29. The van der Waals surface area contributed by atoms with E-state index >= 15 is 0 Å². The fraction of sp³-hybridized carbons (Fsp3) is 0.417. The first-order chi connectivity index (χ1) is 7.58. The summed E-state index contributed by atoms with van der Waals surface area (Å²) >= 11 is 0. The molecular weight excluding hydrogens is 201 g/mol. The average Bonchev–Trinajstić information content (AvgIpc) is 2.60. The van der Waals surface area contributed by atoms with Gasteiger partial charge in [0.05, 0.1) is 6.61 Å². The van der Waals surface area contributed by atoms with E-state index in [4.69, 9.17) is 4.65 Å². The maximum absolute atomic E-state index is 11.6. The Kier molecular flexibility index (Phi) is 3.01. The topological polar surface area (TPSA) is 38.3 Å². The van der Waals surface area contributed by atoms with Crippen molar-refractivity contribution >= 4 is 24.0 Å². The van der Waals surface area contributed by atoms with Gasteiger partial charge in [0.15, 0.2) is 0 Å². The van der Waals surface area contributed by atoms with E-state index < -0.39 is 0 Å². The zero-order valence-electron chi connectivity index (χ0n) is 9.91. The molecule has 0 saturated carbocycles. The predicted octanol–water partition coefficient (Wildman–Crippen LogP) is 1.64. The molecule has 0 aliphatic carbocycles. The minimum atomic E-state index is 0.00179. The third-order valence-corrected chi connectivity index (χ3v) is 2.86. The average molecular weight is 217 g/mol. The number of nitrogens with one attached hydrogen (secondary N) is 1. The number of rotatable bonds is 2. The standard InChI is InChI=1S/C12H16BNO2/c1-8(2)12(15)14-10-5-4-9-7-16-13(3)11(9)6-10/h4-6,8H,7H2,1-3H3,(H,14,15). The van der Waals surface area contributed by atoms with Crippen LogP contribution in [0.25, 0.3) is 0 Å². The molecule has 3 nitrogen and oxygen atoms in total. The molecular formula is C12H16BNO2. The van der Waals surface area contributed by atoms with Gasteiger partial charge in [0, 0.05) is 11.6 Å². The third-order valence-electron chi connectivity index (χ3n) is 2.86. The third kappa shape index (κ3) is 2.12. The summed E-state index contributed by atoms with van der Waals surface area (Å²) in [4.78, 5) is 11.6. The summed E-state index contributed by atoms with van der Waals surface area (Å²) in [7, 11) is 0. The smallest absolute Gasteiger partial charge is 0.324 e. The molecule has 0 bridgehead atoms. The lowest BCUT2D eigenvalue weighted by Gasteiger charge is -2.09. The molecule has 1 N–H and O–H groups in total. The molecule has 0 unspecified atom stereocenters. The monoisotopic (exact) mass is 217 g/mol. The van der Waals surface area contributed by atoms with E-state index in [0.29, 0.717) is 6.61 Å². The Bertz CT molecular complexity index is 417. The highest BCUT2D eigenvalue weighted by Crippen LogP contribution is 2.15. The van der Waals surface area contributed by atoms with Gasteiger partial charge >= 0.3 is 6.92 Å². The molecule has 4 heteroatoms. The second-order valence-electron chi connectivity index (χ2n) is 4.51. The Morgan fingerprint density at radius 1 is 1.50 bits per heavy atom. The van der Waals surface area contributed by atoms with Crippen molar-refractivity contribution in [1.82, 2.24) is 0 Å². The molecule has 1 aromatic rings. The minimum absolute atomic E-state index is 0.00179. The van der Waals surface area contributed by atoms with Crippen LogP contribution in [-0.4, -0.2) is 12.8 Å². The van der Waals surface area contributed by atoms with Gasteiger partial charge in [0.25, 0.3) is 0 Å². The predicted molar refractivity (Wildman–Crippen MR) is 66.0 cm³/mol. The summed E-state index contributed by atoms with van der Waals surface area (Å²) in [6.07, 6.45) is 0. The van der Waals surface area contributed by atoms with Crippen molar-refractivity contribution in [2.45, 2.75) is 27.3 Å². The Morgan fingerprint density at radius 2 is 2.25 bits per heavy atom. The molecule has 2 rings (SSSR count). The van der Waals surface area contributed by atoms with Gasteiger partial charge in [-0.2, -0.15) is 0 Å². The number of amides is 1. The summed E-state index contributed by atoms with van der Waals surface area (Å²) in [5, 5.41) is 2.90. The number of carbonyl (C=O) groups excluding carboxylic acids is 1. The van der Waals surface area contributed by atoms with Gasteiger partial charge in [0.2, 0.25) is 5.91 Å². The molecule has 0 radical (unpaired) electrons. The van der Waals surface area contributed by atoms with Gasteiger partial charge in [-0.25, -0.2) is 0 Å². The van der Waals surface area contributed by atoms with Crippen molar-refractivity contribution in [2.75, 3.05) is 5.32 Å². The van der Waals surface area contributed by atoms with E-state index in [1.54, 1.807) is 0 Å². The molecule has 0 fully saturated rings. The van der Waals surface area contributed by atoms with Crippen LogP contribution in [-0.2, 0) is 16.1 Å². The molecule has 1 aliphatic rings. The van der Waals surface area contributed by atoms with Crippen LogP contribution in [0.4, 0.5) is 5.69 Å². The molecule has 16 heavy (non-hydrogen) atoms. The van der Waals surface area contributed by atoms with E-state index in [1.165, 1.54) is 11.0 Å². The van der Waals surface area contributed by atoms with Gasteiger partial charge in [-0.05, 0) is 23.2 Å². The first-order valence-corrected chi connectivity index (χ1v) is 5.63. The lowest BCUT2D eigenvalue weighted by Crippen LogP contribution is -2.25.